The van der Waals surface area contributed by atoms with Gasteiger partial charge in [0, 0.05) is 11.5 Å². The van der Waals surface area contributed by atoms with Crippen LogP contribution in [0.15, 0.2) is 12.1 Å². The van der Waals surface area contributed by atoms with E-state index in [2.05, 4.69) is 5.92 Å². The van der Waals surface area contributed by atoms with Crippen LogP contribution < -0.4 is 4.74 Å². The number of phenols is 1. The van der Waals surface area contributed by atoms with Gasteiger partial charge in [-0.05, 0) is 12.1 Å². The number of methoxy groups -OCH3 is 1. The van der Waals surface area contributed by atoms with Gasteiger partial charge in [-0.25, -0.2) is 4.79 Å². The quantitative estimate of drug-likeness (QED) is 0.564. The summed E-state index contributed by atoms with van der Waals surface area (Å²) in [6, 6.07) is 2.78. The van der Waals surface area contributed by atoms with Gasteiger partial charge >= 0.3 is 5.97 Å². The van der Waals surface area contributed by atoms with Crippen LogP contribution in [0.25, 0.3) is 0 Å². The average Bonchev–Trinajstić information content (AvgIpc) is 2.26. The first kappa shape index (κ1) is 11.6. The number of phenolic OH excluding ortho intramolecular Hbond substituents is 1. The summed E-state index contributed by atoms with van der Waals surface area (Å²) in [5.74, 6) is 2.45. The zero-order valence-electron chi connectivity index (χ0n) is 8.35. The van der Waals surface area contributed by atoms with E-state index in [4.69, 9.17) is 9.84 Å². The molecule has 0 aliphatic rings. The predicted octanol–water partition coefficient (Wildman–Crippen LogP) is 0.649. The second-order valence-corrected chi connectivity index (χ2v) is 2.75. The van der Waals surface area contributed by atoms with Gasteiger partial charge in [0.05, 0.1) is 12.7 Å². The highest BCUT2D eigenvalue weighted by Crippen LogP contribution is 2.30. The third-order valence-corrected chi connectivity index (χ3v) is 1.81. The predicted molar refractivity (Wildman–Crippen MR) is 54.6 cm³/mol. The van der Waals surface area contributed by atoms with Gasteiger partial charge in [0.25, 0.3) is 0 Å². The second-order valence-electron chi connectivity index (χ2n) is 2.75. The van der Waals surface area contributed by atoms with Crippen molar-refractivity contribution < 1.29 is 24.5 Å². The molecule has 5 heteroatoms. The van der Waals surface area contributed by atoms with Gasteiger partial charge in [-0.3, -0.25) is 4.79 Å². The number of hydrogen-bond donors (Lipinski definition) is 2. The lowest BCUT2D eigenvalue weighted by atomic mass is 10.1. The molecule has 1 aromatic rings. The summed E-state index contributed by atoms with van der Waals surface area (Å²) in [5.41, 5.74) is 0.0452. The normalized spacial score (nSPS) is 8.81. The Kier molecular flexibility index (Phi) is 3.51. The van der Waals surface area contributed by atoms with Gasteiger partial charge in [-0.2, -0.15) is 0 Å². The van der Waals surface area contributed by atoms with Crippen molar-refractivity contribution >= 4 is 12.3 Å². The summed E-state index contributed by atoms with van der Waals surface area (Å²) in [6.45, 7) is 0. The third-order valence-electron chi connectivity index (χ3n) is 1.81. The summed E-state index contributed by atoms with van der Waals surface area (Å²) in [7, 11) is 1.34. The van der Waals surface area contributed by atoms with E-state index in [9.17, 15) is 14.7 Å². The van der Waals surface area contributed by atoms with E-state index in [0.717, 1.165) is 0 Å². The van der Waals surface area contributed by atoms with Crippen LogP contribution >= 0.6 is 0 Å². The van der Waals surface area contributed by atoms with Crippen LogP contribution in [0.3, 0.4) is 0 Å². The summed E-state index contributed by atoms with van der Waals surface area (Å²) < 4.78 is 4.81. The molecule has 0 radical (unpaired) electrons. The molecule has 0 unspecified atom stereocenters. The van der Waals surface area contributed by atoms with Crippen LogP contribution in [0.2, 0.25) is 0 Å². The van der Waals surface area contributed by atoms with E-state index in [1.54, 1.807) is 0 Å². The molecule has 0 atom stereocenters. The molecule has 5 nitrogen and oxygen atoms in total. The van der Waals surface area contributed by atoms with Crippen molar-refractivity contribution in [2.45, 2.75) is 0 Å². The van der Waals surface area contributed by atoms with Crippen molar-refractivity contribution in [1.29, 1.82) is 0 Å². The number of ether oxygens (including phenoxy) is 1. The standard InChI is InChI=1S/C11H8O5/c1-16-9-4-2-7(6-12)8(11(9)15)3-5-10(13)14/h2,4,6,15H,1H3,(H,13,14). The lowest BCUT2D eigenvalue weighted by molar-refractivity contribution is -0.130. The third kappa shape index (κ3) is 2.30. The molecule has 1 aromatic carbocycles. The Balaban J connectivity index is 3.39. The number of rotatable bonds is 2. The largest absolute Gasteiger partial charge is 0.503 e. The van der Waals surface area contributed by atoms with Gasteiger partial charge in [0.2, 0.25) is 0 Å². The molecule has 0 fully saturated rings. The van der Waals surface area contributed by atoms with Crippen molar-refractivity contribution in [1.82, 2.24) is 0 Å². The van der Waals surface area contributed by atoms with E-state index in [1.165, 1.54) is 19.2 Å². The van der Waals surface area contributed by atoms with Crippen LogP contribution in [-0.4, -0.2) is 29.6 Å². The Bertz CT molecular complexity index is 493. The van der Waals surface area contributed by atoms with Crippen LogP contribution in [-0.2, 0) is 4.79 Å². The van der Waals surface area contributed by atoms with Crippen LogP contribution in [0.4, 0.5) is 0 Å². The smallest absolute Gasteiger partial charge is 0.382 e. The Labute approximate surface area is 91.3 Å². The van der Waals surface area contributed by atoms with E-state index >= 15 is 0 Å². The Morgan fingerprint density at radius 2 is 2.19 bits per heavy atom. The highest BCUT2D eigenvalue weighted by Gasteiger charge is 2.10. The number of hydrogen-bond acceptors (Lipinski definition) is 4. The number of aromatic hydroxyl groups is 1. The first-order valence-electron chi connectivity index (χ1n) is 4.20. The molecule has 2 N–H and O–H groups in total. The Hall–Kier alpha value is -2.48. The second kappa shape index (κ2) is 4.84. The zero-order chi connectivity index (χ0) is 12.1. The first-order valence-corrected chi connectivity index (χ1v) is 4.20. The number of benzene rings is 1. The van der Waals surface area contributed by atoms with E-state index in [0.29, 0.717) is 6.29 Å². The summed E-state index contributed by atoms with van der Waals surface area (Å²) in [5, 5.41) is 18.0. The molecule has 0 saturated carbocycles. The molecule has 0 aliphatic heterocycles. The van der Waals surface area contributed by atoms with Crippen molar-refractivity contribution in [3.05, 3.63) is 23.3 Å². The SMILES string of the molecule is COc1ccc(C=O)c(C#CC(=O)O)c1O. The number of carboxylic acids is 1. The monoisotopic (exact) mass is 220 g/mol. The maximum atomic E-state index is 10.7. The van der Waals surface area contributed by atoms with Gasteiger partial charge in [-0.1, -0.05) is 5.92 Å². The molecule has 82 valence electrons. The van der Waals surface area contributed by atoms with Crippen molar-refractivity contribution in [3.63, 3.8) is 0 Å². The summed E-state index contributed by atoms with van der Waals surface area (Å²) in [6.07, 6.45) is 0.477. The molecule has 16 heavy (non-hydrogen) atoms. The fourth-order valence-corrected chi connectivity index (χ4v) is 1.10. The molecule has 0 bridgehead atoms. The molecule has 0 amide bonds. The maximum absolute atomic E-state index is 10.7. The molecule has 0 aromatic heterocycles. The fraction of sp³-hybridized carbons (Fsp3) is 0.0909. The van der Waals surface area contributed by atoms with Gasteiger partial charge in [0.15, 0.2) is 17.8 Å². The van der Waals surface area contributed by atoms with Gasteiger partial charge in [0.1, 0.15) is 0 Å². The molecule has 0 saturated heterocycles. The first-order chi connectivity index (χ1) is 7.60. The van der Waals surface area contributed by atoms with E-state index in [1.807, 2.05) is 5.92 Å². The molecule has 0 heterocycles. The molecule has 0 spiro atoms. The zero-order valence-corrected chi connectivity index (χ0v) is 8.35. The van der Waals surface area contributed by atoms with Crippen LogP contribution in [0.1, 0.15) is 15.9 Å². The molecule has 0 aliphatic carbocycles. The fourth-order valence-electron chi connectivity index (χ4n) is 1.10. The van der Waals surface area contributed by atoms with Gasteiger partial charge in [-0.15, -0.1) is 0 Å². The number of carbonyl (C=O) groups is 2. The topological polar surface area (TPSA) is 83.8 Å². The van der Waals surface area contributed by atoms with Crippen LogP contribution in [0.5, 0.6) is 11.5 Å². The van der Waals surface area contributed by atoms with E-state index < -0.39 is 5.97 Å². The molecular formula is C11H8O5. The van der Waals surface area contributed by atoms with Gasteiger partial charge < -0.3 is 14.9 Å². The van der Waals surface area contributed by atoms with Crippen molar-refractivity contribution in [2.75, 3.05) is 7.11 Å². The number of carbonyl (C=O) groups excluding carboxylic acids is 1. The lowest BCUT2D eigenvalue weighted by Gasteiger charge is -2.06. The highest BCUT2D eigenvalue weighted by atomic mass is 16.5. The Morgan fingerprint density at radius 3 is 2.69 bits per heavy atom. The minimum atomic E-state index is -1.35. The summed E-state index contributed by atoms with van der Waals surface area (Å²) in [4.78, 5) is 20.9. The summed E-state index contributed by atoms with van der Waals surface area (Å²) >= 11 is 0. The molecular weight excluding hydrogens is 212 g/mol. The van der Waals surface area contributed by atoms with Crippen LogP contribution in [0, 0.1) is 11.8 Å². The minimum absolute atomic E-state index is 0.0586. The van der Waals surface area contributed by atoms with Crippen molar-refractivity contribution in [3.8, 4) is 23.3 Å². The van der Waals surface area contributed by atoms with Crippen molar-refractivity contribution in [2.24, 2.45) is 0 Å². The minimum Gasteiger partial charge on any atom is -0.503 e. The number of aliphatic carboxylic acids is 1. The Morgan fingerprint density at radius 1 is 1.50 bits per heavy atom. The average molecular weight is 220 g/mol. The van der Waals surface area contributed by atoms with E-state index in [-0.39, 0.29) is 22.6 Å². The maximum Gasteiger partial charge on any atom is 0.382 e. The number of aldehydes is 1. The highest BCUT2D eigenvalue weighted by molar-refractivity contribution is 5.89. The number of carboxylic acid groups (broad SMARTS) is 1. The lowest BCUT2D eigenvalue weighted by Crippen LogP contribution is -1.94. The molecule has 1 rings (SSSR count).